The van der Waals surface area contributed by atoms with Crippen molar-refractivity contribution in [1.82, 2.24) is 9.88 Å². The number of nitrogens with zero attached hydrogens (tertiary/aromatic N) is 2. The molecule has 1 aromatic rings. The van der Waals surface area contributed by atoms with E-state index in [1.54, 1.807) is 4.90 Å². The van der Waals surface area contributed by atoms with Gasteiger partial charge in [0, 0.05) is 25.3 Å². The van der Waals surface area contributed by atoms with E-state index in [0.717, 1.165) is 0 Å². The molecule has 1 amide bonds. The standard InChI is InChI=1S/C9H11N3O2/c10-7-4-12(5-7)9(14)6-1-8(13)3-11-2-6/h1-3,7,13H,4-5,10H2. The molecule has 0 aromatic carbocycles. The van der Waals surface area contributed by atoms with E-state index in [0.29, 0.717) is 18.7 Å². The van der Waals surface area contributed by atoms with Gasteiger partial charge in [0.05, 0.1) is 11.8 Å². The lowest BCUT2D eigenvalue weighted by atomic mass is 10.1. The van der Waals surface area contributed by atoms with E-state index >= 15 is 0 Å². The average Bonchev–Trinajstić information content (AvgIpc) is 2.12. The van der Waals surface area contributed by atoms with Crippen molar-refractivity contribution in [3.63, 3.8) is 0 Å². The van der Waals surface area contributed by atoms with Gasteiger partial charge in [-0.2, -0.15) is 0 Å². The monoisotopic (exact) mass is 193 g/mol. The number of likely N-dealkylation sites (tertiary alicyclic amines) is 1. The Morgan fingerprint density at radius 1 is 1.57 bits per heavy atom. The molecule has 0 atom stereocenters. The molecule has 0 radical (unpaired) electrons. The van der Waals surface area contributed by atoms with Crippen LogP contribution in [0.2, 0.25) is 0 Å². The van der Waals surface area contributed by atoms with Crippen molar-refractivity contribution in [3.05, 3.63) is 24.0 Å². The van der Waals surface area contributed by atoms with Gasteiger partial charge in [-0.15, -0.1) is 0 Å². The van der Waals surface area contributed by atoms with Crippen LogP contribution < -0.4 is 5.73 Å². The molecule has 1 aromatic heterocycles. The van der Waals surface area contributed by atoms with Crippen LogP contribution in [-0.4, -0.2) is 40.0 Å². The molecule has 0 bridgehead atoms. The second kappa shape index (κ2) is 3.26. The van der Waals surface area contributed by atoms with E-state index in [4.69, 9.17) is 10.8 Å². The van der Waals surface area contributed by atoms with E-state index in [1.807, 2.05) is 0 Å². The second-order valence-electron chi connectivity index (χ2n) is 3.40. The summed E-state index contributed by atoms with van der Waals surface area (Å²) in [6, 6.07) is 1.49. The van der Waals surface area contributed by atoms with E-state index < -0.39 is 0 Å². The molecule has 0 spiro atoms. The summed E-state index contributed by atoms with van der Waals surface area (Å²) >= 11 is 0. The van der Waals surface area contributed by atoms with Crippen LogP contribution in [0.4, 0.5) is 0 Å². The maximum Gasteiger partial charge on any atom is 0.255 e. The lowest BCUT2D eigenvalue weighted by Crippen LogP contribution is -2.57. The smallest absolute Gasteiger partial charge is 0.255 e. The van der Waals surface area contributed by atoms with E-state index in [9.17, 15) is 4.79 Å². The number of hydrogen-bond donors (Lipinski definition) is 2. The summed E-state index contributed by atoms with van der Waals surface area (Å²) in [5.74, 6) is -0.129. The first-order valence-corrected chi connectivity index (χ1v) is 4.35. The van der Waals surface area contributed by atoms with Crippen molar-refractivity contribution in [3.8, 4) is 5.75 Å². The van der Waals surface area contributed by atoms with Gasteiger partial charge in [-0.05, 0) is 6.07 Å². The van der Waals surface area contributed by atoms with Gasteiger partial charge in [0.2, 0.25) is 0 Å². The fraction of sp³-hybridized carbons (Fsp3) is 0.333. The number of carbonyl (C=O) groups is 1. The lowest BCUT2D eigenvalue weighted by molar-refractivity contribution is 0.0607. The lowest BCUT2D eigenvalue weighted by Gasteiger charge is -2.36. The first kappa shape index (κ1) is 8.96. The minimum atomic E-state index is -0.130. The molecule has 1 saturated heterocycles. The largest absolute Gasteiger partial charge is 0.506 e. The van der Waals surface area contributed by atoms with Crippen LogP contribution in [0.5, 0.6) is 5.75 Å². The SMILES string of the molecule is NC1CN(C(=O)c2cncc(O)c2)C1. The molecule has 2 rings (SSSR count). The Hall–Kier alpha value is -1.62. The molecule has 14 heavy (non-hydrogen) atoms. The zero-order valence-corrected chi connectivity index (χ0v) is 7.55. The van der Waals surface area contributed by atoms with Gasteiger partial charge in [-0.1, -0.05) is 0 Å². The molecule has 5 heteroatoms. The third-order valence-electron chi connectivity index (χ3n) is 2.17. The van der Waals surface area contributed by atoms with Crippen molar-refractivity contribution in [1.29, 1.82) is 0 Å². The van der Waals surface area contributed by atoms with Gasteiger partial charge in [-0.25, -0.2) is 0 Å². The molecule has 0 saturated carbocycles. The van der Waals surface area contributed by atoms with Crippen LogP contribution in [0.3, 0.4) is 0 Å². The van der Waals surface area contributed by atoms with Crippen molar-refractivity contribution in [2.45, 2.75) is 6.04 Å². The highest BCUT2D eigenvalue weighted by Crippen LogP contribution is 2.14. The Kier molecular flexibility index (Phi) is 2.09. The molecule has 0 aliphatic carbocycles. The fourth-order valence-electron chi connectivity index (χ4n) is 1.41. The summed E-state index contributed by atoms with van der Waals surface area (Å²) in [4.78, 5) is 17.0. The van der Waals surface area contributed by atoms with Crippen molar-refractivity contribution >= 4 is 5.91 Å². The fourth-order valence-corrected chi connectivity index (χ4v) is 1.41. The molecule has 74 valence electrons. The van der Waals surface area contributed by atoms with E-state index in [-0.39, 0.29) is 17.7 Å². The first-order chi connectivity index (χ1) is 6.66. The quantitative estimate of drug-likeness (QED) is 0.634. The number of aromatic nitrogens is 1. The van der Waals surface area contributed by atoms with Crippen molar-refractivity contribution < 1.29 is 9.90 Å². The van der Waals surface area contributed by atoms with Crippen LogP contribution in [0.15, 0.2) is 18.5 Å². The molecular weight excluding hydrogens is 182 g/mol. The minimum absolute atomic E-state index is 0.000622. The summed E-state index contributed by atoms with van der Waals surface area (Å²) in [5, 5.41) is 9.13. The van der Waals surface area contributed by atoms with Crippen LogP contribution in [0.25, 0.3) is 0 Å². The predicted molar refractivity (Wildman–Crippen MR) is 49.8 cm³/mol. The topological polar surface area (TPSA) is 79.5 Å². The van der Waals surface area contributed by atoms with Gasteiger partial charge in [0.15, 0.2) is 0 Å². The third kappa shape index (κ3) is 1.54. The van der Waals surface area contributed by atoms with Gasteiger partial charge in [0.1, 0.15) is 5.75 Å². The van der Waals surface area contributed by atoms with E-state index in [2.05, 4.69) is 4.98 Å². The summed E-state index contributed by atoms with van der Waals surface area (Å²) in [6.45, 7) is 1.16. The van der Waals surface area contributed by atoms with Crippen LogP contribution >= 0.6 is 0 Å². The summed E-state index contributed by atoms with van der Waals surface area (Å²) < 4.78 is 0. The van der Waals surface area contributed by atoms with Crippen LogP contribution in [0.1, 0.15) is 10.4 Å². The number of carbonyl (C=O) groups excluding carboxylic acids is 1. The highest BCUT2D eigenvalue weighted by atomic mass is 16.3. The Balaban J connectivity index is 2.12. The van der Waals surface area contributed by atoms with Gasteiger partial charge in [0.25, 0.3) is 5.91 Å². The zero-order chi connectivity index (χ0) is 10.1. The summed E-state index contributed by atoms with van der Waals surface area (Å²) in [6.07, 6.45) is 2.73. The number of nitrogens with two attached hydrogens (primary N) is 1. The highest BCUT2D eigenvalue weighted by molar-refractivity contribution is 5.94. The Bertz CT molecular complexity index is 361. The molecule has 1 fully saturated rings. The Morgan fingerprint density at radius 3 is 2.86 bits per heavy atom. The molecule has 2 heterocycles. The minimum Gasteiger partial charge on any atom is -0.506 e. The molecular formula is C9H11N3O2. The number of hydrogen-bond acceptors (Lipinski definition) is 4. The maximum atomic E-state index is 11.6. The molecule has 5 nitrogen and oxygen atoms in total. The van der Waals surface area contributed by atoms with Gasteiger partial charge < -0.3 is 15.7 Å². The normalized spacial score (nSPS) is 16.5. The Morgan fingerprint density at radius 2 is 2.29 bits per heavy atom. The Labute approximate surface area is 81.2 Å². The number of aromatic hydroxyl groups is 1. The van der Waals surface area contributed by atoms with Gasteiger partial charge >= 0.3 is 0 Å². The molecule has 0 unspecified atom stereocenters. The number of rotatable bonds is 1. The van der Waals surface area contributed by atoms with Crippen molar-refractivity contribution in [2.24, 2.45) is 5.73 Å². The summed E-state index contributed by atoms with van der Waals surface area (Å²) in [7, 11) is 0. The van der Waals surface area contributed by atoms with Crippen LogP contribution in [-0.2, 0) is 0 Å². The molecule has 3 N–H and O–H groups in total. The van der Waals surface area contributed by atoms with E-state index in [1.165, 1.54) is 18.5 Å². The predicted octanol–water partition coefficient (Wildman–Crippen LogP) is -0.430. The number of pyridine rings is 1. The molecule has 1 aliphatic rings. The molecule has 1 aliphatic heterocycles. The highest BCUT2D eigenvalue weighted by Gasteiger charge is 2.28. The first-order valence-electron chi connectivity index (χ1n) is 4.35. The zero-order valence-electron chi connectivity index (χ0n) is 7.55. The van der Waals surface area contributed by atoms with Gasteiger partial charge in [-0.3, -0.25) is 9.78 Å². The number of amides is 1. The third-order valence-corrected chi connectivity index (χ3v) is 2.17. The van der Waals surface area contributed by atoms with Crippen LogP contribution in [0, 0.1) is 0 Å². The maximum absolute atomic E-state index is 11.6. The summed E-state index contributed by atoms with van der Waals surface area (Å²) in [5.41, 5.74) is 5.96. The van der Waals surface area contributed by atoms with Crippen molar-refractivity contribution in [2.75, 3.05) is 13.1 Å². The average molecular weight is 193 g/mol. The second-order valence-corrected chi connectivity index (χ2v) is 3.40.